The van der Waals surface area contributed by atoms with E-state index >= 15 is 0 Å². The van der Waals surface area contributed by atoms with Gasteiger partial charge in [0.05, 0.1) is 6.54 Å². The lowest BCUT2D eigenvalue weighted by atomic mass is 9.84. The van der Waals surface area contributed by atoms with Gasteiger partial charge in [0.25, 0.3) is 0 Å². The van der Waals surface area contributed by atoms with Crippen LogP contribution < -0.4 is 10.6 Å². The number of amides is 2. The van der Waals surface area contributed by atoms with E-state index in [1.54, 1.807) is 0 Å². The predicted molar refractivity (Wildman–Crippen MR) is 70.0 cm³/mol. The monoisotopic (exact) mass is 262 g/mol. The van der Waals surface area contributed by atoms with Crippen LogP contribution >= 0.6 is 11.6 Å². The van der Waals surface area contributed by atoms with Crippen molar-refractivity contribution in [2.45, 2.75) is 34.1 Å². The number of carbonyl (C=O) groups excluding carboxylic acids is 2. The summed E-state index contributed by atoms with van der Waals surface area (Å²) in [5, 5.41) is 5.24. The van der Waals surface area contributed by atoms with Gasteiger partial charge in [-0.25, -0.2) is 0 Å². The van der Waals surface area contributed by atoms with Crippen LogP contribution in [0.3, 0.4) is 0 Å². The number of hydrogen-bond donors (Lipinski definition) is 2. The van der Waals surface area contributed by atoms with Crippen molar-refractivity contribution in [3.8, 4) is 0 Å². The van der Waals surface area contributed by atoms with E-state index in [4.69, 9.17) is 11.6 Å². The molecule has 0 bridgehead atoms. The van der Waals surface area contributed by atoms with Crippen LogP contribution in [0.5, 0.6) is 0 Å². The van der Waals surface area contributed by atoms with Crippen LogP contribution in [0.15, 0.2) is 0 Å². The lowest BCUT2D eigenvalue weighted by Crippen LogP contribution is -2.41. The molecule has 0 fully saturated rings. The van der Waals surface area contributed by atoms with Gasteiger partial charge in [0.15, 0.2) is 0 Å². The van der Waals surface area contributed by atoms with Crippen molar-refractivity contribution in [2.75, 3.05) is 19.0 Å². The molecular formula is C12H23ClN2O2. The van der Waals surface area contributed by atoms with Gasteiger partial charge >= 0.3 is 0 Å². The first-order valence-electron chi connectivity index (χ1n) is 5.86. The Morgan fingerprint density at radius 3 is 2.24 bits per heavy atom. The highest BCUT2D eigenvalue weighted by Gasteiger charge is 2.20. The summed E-state index contributed by atoms with van der Waals surface area (Å²) in [5.74, 6) is -0.0343. The van der Waals surface area contributed by atoms with Crippen LogP contribution in [-0.4, -0.2) is 30.8 Å². The quantitative estimate of drug-likeness (QED) is 0.684. The van der Waals surface area contributed by atoms with Crippen molar-refractivity contribution in [3.05, 3.63) is 0 Å². The third kappa shape index (κ3) is 8.98. The Hall–Kier alpha value is -0.770. The van der Waals surface area contributed by atoms with Crippen LogP contribution in [-0.2, 0) is 9.59 Å². The molecule has 0 radical (unpaired) electrons. The first-order chi connectivity index (χ1) is 7.76. The van der Waals surface area contributed by atoms with Crippen LogP contribution in [0.1, 0.15) is 34.1 Å². The van der Waals surface area contributed by atoms with Gasteiger partial charge in [-0.05, 0) is 17.8 Å². The fourth-order valence-electron chi connectivity index (χ4n) is 1.80. The molecule has 0 aliphatic rings. The molecule has 4 nitrogen and oxygen atoms in total. The highest BCUT2D eigenvalue weighted by Crippen LogP contribution is 2.23. The predicted octanol–water partition coefficient (Wildman–Crippen LogP) is 1.53. The van der Waals surface area contributed by atoms with Gasteiger partial charge < -0.3 is 10.6 Å². The molecule has 0 aromatic carbocycles. The number of rotatable bonds is 7. The van der Waals surface area contributed by atoms with Crippen LogP contribution in [0.25, 0.3) is 0 Å². The largest absolute Gasteiger partial charge is 0.354 e. The molecular weight excluding hydrogens is 240 g/mol. The van der Waals surface area contributed by atoms with Crippen LogP contribution in [0.4, 0.5) is 0 Å². The molecule has 0 aromatic heterocycles. The number of alkyl halides is 1. The summed E-state index contributed by atoms with van der Waals surface area (Å²) in [6, 6.07) is 0. The lowest BCUT2D eigenvalue weighted by molar-refractivity contribution is -0.125. The Balaban J connectivity index is 3.86. The molecule has 0 aliphatic carbocycles. The average molecular weight is 263 g/mol. The van der Waals surface area contributed by atoms with Gasteiger partial charge in [0, 0.05) is 6.54 Å². The first kappa shape index (κ1) is 16.2. The Morgan fingerprint density at radius 2 is 1.76 bits per heavy atom. The van der Waals surface area contributed by atoms with Crippen molar-refractivity contribution < 1.29 is 9.59 Å². The molecule has 0 saturated carbocycles. The zero-order chi connectivity index (χ0) is 13.5. The summed E-state index contributed by atoms with van der Waals surface area (Å²) in [7, 11) is 0. The van der Waals surface area contributed by atoms with E-state index in [0.29, 0.717) is 12.5 Å². The molecule has 2 N–H and O–H groups in total. The van der Waals surface area contributed by atoms with E-state index in [1.807, 2.05) is 0 Å². The molecule has 100 valence electrons. The van der Waals surface area contributed by atoms with Gasteiger partial charge in [-0.1, -0.05) is 27.7 Å². The van der Waals surface area contributed by atoms with E-state index in [-0.39, 0.29) is 29.7 Å². The molecule has 17 heavy (non-hydrogen) atoms. The molecule has 0 atom stereocenters. The summed E-state index contributed by atoms with van der Waals surface area (Å²) in [5.41, 5.74) is 0.0698. The lowest BCUT2D eigenvalue weighted by Gasteiger charge is -2.26. The Bertz CT molecular complexity index is 265. The van der Waals surface area contributed by atoms with E-state index in [9.17, 15) is 9.59 Å². The van der Waals surface area contributed by atoms with Crippen molar-refractivity contribution in [1.29, 1.82) is 0 Å². The summed E-state index contributed by atoms with van der Waals surface area (Å²) in [4.78, 5) is 22.3. The topological polar surface area (TPSA) is 58.2 Å². The molecule has 0 spiro atoms. The third-order valence-corrected chi connectivity index (χ3v) is 2.54. The van der Waals surface area contributed by atoms with Crippen molar-refractivity contribution in [3.63, 3.8) is 0 Å². The van der Waals surface area contributed by atoms with Crippen molar-refractivity contribution >= 4 is 23.4 Å². The fraction of sp³-hybridized carbons (Fsp3) is 0.833. The maximum atomic E-state index is 11.4. The number of halogens is 1. The minimum absolute atomic E-state index is 0.0106. The SMILES string of the molecule is CC(C)CC(C)(C)CNC(=O)CNC(=O)CCl. The van der Waals surface area contributed by atoms with Crippen LogP contribution in [0.2, 0.25) is 0 Å². The average Bonchev–Trinajstić information content (AvgIpc) is 2.21. The third-order valence-electron chi connectivity index (χ3n) is 2.29. The molecule has 0 aliphatic heterocycles. The van der Waals surface area contributed by atoms with Crippen molar-refractivity contribution in [1.82, 2.24) is 10.6 Å². The minimum atomic E-state index is -0.330. The second-order valence-electron chi connectivity index (χ2n) is 5.45. The second-order valence-corrected chi connectivity index (χ2v) is 5.72. The molecule has 0 heterocycles. The second kappa shape index (κ2) is 7.54. The minimum Gasteiger partial charge on any atom is -0.354 e. The molecule has 0 rings (SSSR count). The van der Waals surface area contributed by atoms with Gasteiger partial charge in [0.1, 0.15) is 5.88 Å². The van der Waals surface area contributed by atoms with Gasteiger partial charge in [-0.15, -0.1) is 11.6 Å². The number of carbonyl (C=O) groups is 2. The first-order valence-corrected chi connectivity index (χ1v) is 6.39. The smallest absolute Gasteiger partial charge is 0.239 e. The molecule has 0 unspecified atom stereocenters. The van der Waals surface area contributed by atoms with Crippen molar-refractivity contribution in [2.24, 2.45) is 11.3 Å². The summed E-state index contributed by atoms with van der Waals surface area (Å²) >= 11 is 5.30. The molecule has 0 saturated heterocycles. The zero-order valence-corrected chi connectivity index (χ0v) is 11.9. The fourth-order valence-corrected chi connectivity index (χ4v) is 1.90. The molecule has 5 heteroatoms. The maximum absolute atomic E-state index is 11.4. The highest BCUT2D eigenvalue weighted by atomic mass is 35.5. The summed E-state index contributed by atoms with van der Waals surface area (Å²) in [6.45, 7) is 9.15. The number of hydrogen-bond acceptors (Lipinski definition) is 2. The van der Waals surface area contributed by atoms with Gasteiger partial charge in [-0.3, -0.25) is 9.59 Å². The summed E-state index contributed by atoms with van der Waals surface area (Å²) in [6.07, 6.45) is 1.04. The zero-order valence-electron chi connectivity index (χ0n) is 11.1. The van der Waals surface area contributed by atoms with Gasteiger partial charge in [0.2, 0.25) is 11.8 Å². The maximum Gasteiger partial charge on any atom is 0.239 e. The number of nitrogens with one attached hydrogen (secondary N) is 2. The van der Waals surface area contributed by atoms with E-state index in [1.165, 1.54) is 0 Å². The van der Waals surface area contributed by atoms with E-state index < -0.39 is 0 Å². The van der Waals surface area contributed by atoms with Crippen LogP contribution in [0, 0.1) is 11.3 Å². The Kier molecular flexibility index (Phi) is 7.19. The summed E-state index contributed by atoms with van der Waals surface area (Å²) < 4.78 is 0. The molecule has 2 amide bonds. The Labute approximate surface area is 108 Å². The highest BCUT2D eigenvalue weighted by molar-refractivity contribution is 6.27. The molecule has 0 aromatic rings. The van der Waals surface area contributed by atoms with Gasteiger partial charge in [-0.2, -0.15) is 0 Å². The normalized spacial score (nSPS) is 11.4. The van der Waals surface area contributed by atoms with E-state index in [2.05, 4.69) is 38.3 Å². The van der Waals surface area contributed by atoms with E-state index in [0.717, 1.165) is 6.42 Å². The standard InChI is InChI=1S/C12H23ClN2O2/c1-9(2)5-12(3,4)8-15-11(17)7-14-10(16)6-13/h9H,5-8H2,1-4H3,(H,14,16)(H,15,17). The Morgan fingerprint density at radius 1 is 1.18 bits per heavy atom.